The fraction of sp³-hybridized carbons (Fsp3) is 0.182. The molecule has 0 unspecified atom stereocenters. The Morgan fingerprint density at radius 1 is 1.00 bits per heavy atom. The molecule has 0 saturated heterocycles. The number of thiophene rings is 1. The second-order valence-electron chi connectivity index (χ2n) is 6.61. The van der Waals surface area contributed by atoms with Crippen molar-refractivity contribution in [2.45, 2.75) is 13.8 Å². The van der Waals surface area contributed by atoms with E-state index in [4.69, 9.17) is 8.22 Å². The number of methoxy groups -OCH3 is 1. The molecule has 3 rings (SSSR count). The number of hydroxylamine groups is 1. The summed E-state index contributed by atoms with van der Waals surface area (Å²) in [6.45, 7) is 2.88. The van der Waals surface area contributed by atoms with Gasteiger partial charge in [-0.2, -0.15) is 0 Å². The Morgan fingerprint density at radius 3 is 2.33 bits per heavy atom. The molecular weight excluding hydrogens is 464 g/mol. The van der Waals surface area contributed by atoms with E-state index in [1.165, 1.54) is 13.8 Å². The summed E-state index contributed by atoms with van der Waals surface area (Å²) in [6, 6.07) is 4.20. The first kappa shape index (κ1) is 17.1. The third kappa shape index (κ3) is 4.41. The number of ether oxygens (including phenoxy) is 1. The van der Waals surface area contributed by atoms with Crippen molar-refractivity contribution >= 4 is 28.8 Å². The van der Waals surface area contributed by atoms with E-state index in [9.17, 15) is 27.2 Å². The van der Waals surface area contributed by atoms with Gasteiger partial charge in [-0.3, -0.25) is 14.4 Å². The Balaban J connectivity index is 2.01. The van der Waals surface area contributed by atoms with Crippen LogP contribution in [0.25, 0.3) is 11.1 Å². The van der Waals surface area contributed by atoms with Crippen molar-refractivity contribution in [1.29, 1.82) is 0 Å². The van der Waals surface area contributed by atoms with Crippen molar-refractivity contribution in [3.8, 4) is 16.9 Å². The Bertz CT molecular complexity index is 1430. The van der Waals surface area contributed by atoms with Gasteiger partial charge in [-0.05, 0) is 37.1 Å². The van der Waals surface area contributed by atoms with E-state index in [1.54, 1.807) is 10.8 Å². The Morgan fingerprint density at radius 2 is 1.70 bits per heavy atom. The lowest BCUT2D eigenvalue weighted by Gasteiger charge is -2.14. The molecule has 6 nitrogen and oxygen atoms in total. The molecule has 0 fully saturated rings. The molecule has 0 aliphatic rings. The van der Waals surface area contributed by atoms with Crippen LogP contribution < -0.4 is 15.5 Å². The highest BCUT2D eigenvalue weighted by molar-refractivity contribution is 7.14. The van der Waals surface area contributed by atoms with Crippen molar-refractivity contribution in [1.82, 2.24) is 5.48 Å². The number of nitrogens with one attached hydrogen (secondary N) is 2. The topological polar surface area (TPSA) is 76.7 Å². The Labute approximate surface area is 198 Å². The Kier molecular flexibility index (Phi) is 4.97. The lowest BCUT2D eigenvalue weighted by atomic mass is 10.0. The van der Waals surface area contributed by atoms with Crippen LogP contribution in [0.15, 0.2) is 24.3 Å². The van der Waals surface area contributed by atoms with Gasteiger partial charge in [0.1, 0.15) is 16.3 Å². The van der Waals surface area contributed by atoms with Crippen LogP contribution in [-0.2, 0) is 4.84 Å². The molecule has 33 heavy (non-hydrogen) atoms. The number of amides is 2. The molecule has 174 valence electrons. The van der Waals surface area contributed by atoms with Crippen LogP contribution in [0.1, 0.15) is 38.7 Å². The van der Waals surface area contributed by atoms with E-state index in [2.05, 4.69) is 9.57 Å². The van der Waals surface area contributed by atoms with Gasteiger partial charge in [0.15, 0.2) is 23.3 Å². The number of benzene rings is 2. The van der Waals surface area contributed by atoms with Gasteiger partial charge in [0.05, 0.1) is 33.4 Å². The number of aryl methyl sites for hydroxylation is 1. The van der Waals surface area contributed by atoms with Crippen LogP contribution in [-0.4, -0.2) is 25.9 Å². The van der Waals surface area contributed by atoms with E-state index in [0.717, 1.165) is 35.6 Å². The molecule has 0 radical (unpaired) electrons. The summed E-state index contributed by atoms with van der Waals surface area (Å²) in [5, 5.41) is 1.73. The number of carbonyl (C=O) groups is 2. The van der Waals surface area contributed by atoms with Gasteiger partial charge in [0.2, 0.25) is 0 Å². The zero-order valence-electron chi connectivity index (χ0n) is 22.9. The van der Waals surface area contributed by atoms with Crippen molar-refractivity contribution in [3.63, 3.8) is 0 Å². The fourth-order valence-corrected chi connectivity index (χ4v) is 4.08. The van der Waals surface area contributed by atoms with Crippen LogP contribution in [0.3, 0.4) is 0 Å². The summed E-state index contributed by atoms with van der Waals surface area (Å²) < 4.78 is 107. The lowest BCUT2D eigenvalue weighted by Crippen LogP contribution is -2.25. The second-order valence-corrected chi connectivity index (χ2v) is 7.84. The monoisotopic (exact) mass is 488 g/mol. The highest BCUT2D eigenvalue weighted by Crippen LogP contribution is 2.36. The average molecular weight is 488 g/mol. The lowest BCUT2D eigenvalue weighted by molar-refractivity contribution is 0.0540. The third-order valence-corrected chi connectivity index (χ3v) is 5.91. The highest BCUT2D eigenvalue weighted by atomic mass is 32.1. The number of anilines is 1. The minimum Gasteiger partial charge on any atom is -0.497 e. The molecule has 1 heterocycles. The number of hydrogen-bond donors (Lipinski definition) is 2. The maximum Gasteiger partial charge on any atom is 0.285 e. The van der Waals surface area contributed by atoms with E-state index in [0.29, 0.717) is 4.88 Å². The van der Waals surface area contributed by atoms with Gasteiger partial charge in [0, 0.05) is 4.88 Å². The van der Waals surface area contributed by atoms with E-state index < -0.39 is 76.4 Å². The van der Waals surface area contributed by atoms with Gasteiger partial charge in [-0.15, -0.1) is 11.3 Å². The average Bonchev–Trinajstić information content (AvgIpc) is 3.12. The molecule has 2 amide bonds. The van der Waals surface area contributed by atoms with E-state index in [1.807, 2.05) is 0 Å². The quantitative estimate of drug-likeness (QED) is 0.286. The molecule has 0 spiro atoms. The number of carbonyl (C=O) groups excluding carboxylic acids is 2. The van der Waals surface area contributed by atoms with Crippen LogP contribution >= 0.6 is 11.3 Å². The summed E-state index contributed by atoms with van der Waals surface area (Å²) in [6.07, 6.45) is 0. The predicted molar refractivity (Wildman–Crippen MR) is 114 cm³/mol. The standard InChI is InChI=1S/C22H18F4N2O4S/c1-9-10(2)33-20(22(30)28-32-4)13(9)21(29)27-19-17(25)15(23)14(16(24)18(19)26)11-6-5-7-12(8-11)31-3/h5-8H,1-4H3,(H,27,29)(H,28,30)/i3D3,4D3. The summed E-state index contributed by atoms with van der Waals surface area (Å²) in [7, 11) is -5.92. The molecule has 1 aromatic heterocycles. The minimum atomic E-state index is -3.01. The van der Waals surface area contributed by atoms with Crippen molar-refractivity contribution in [2.24, 2.45) is 0 Å². The van der Waals surface area contributed by atoms with Crippen LogP contribution in [0.2, 0.25) is 0 Å². The van der Waals surface area contributed by atoms with Gasteiger partial charge < -0.3 is 10.1 Å². The highest BCUT2D eigenvalue weighted by Gasteiger charge is 2.30. The summed E-state index contributed by atoms with van der Waals surface area (Å²) in [4.78, 5) is 29.6. The number of rotatable bonds is 6. The van der Waals surface area contributed by atoms with E-state index in [-0.39, 0.29) is 11.3 Å². The Hall–Kier alpha value is -3.44. The van der Waals surface area contributed by atoms with Gasteiger partial charge >= 0.3 is 0 Å². The first-order valence-corrected chi connectivity index (χ1v) is 9.78. The number of halogens is 4. The predicted octanol–water partition coefficient (Wildman–Crippen LogP) is 5.14. The minimum absolute atomic E-state index is 0.168. The molecule has 2 N–H and O–H groups in total. The molecule has 0 saturated carbocycles. The summed E-state index contributed by atoms with van der Waals surface area (Å²) in [5.74, 6) is -10.6. The maximum absolute atomic E-state index is 15.0. The molecule has 0 aliphatic carbocycles. The van der Waals surface area contributed by atoms with Gasteiger partial charge in [-0.25, -0.2) is 23.0 Å². The maximum atomic E-state index is 15.0. The van der Waals surface area contributed by atoms with Crippen LogP contribution in [0.4, 0.5) is 23.2 Å². The third-order valence-electron chi connectivity index (χ3n) is 4.70. The molecule has 2 aromatic carbocycles. The fourth-order valence-electron chi connectivity index (χ4n) is 3.04. The smallest absolute Gasteiger partial charge is 0.285 e. The summed E-state index contributed by atoms with van der Waals surface area (Å²) >= 11 is 0.734. The van der Waals surface area contributed by atoms with Crippen molar-refractivity contribution < 1.29 is 44.9 Å². The van der Waals surface area contributed by atoms with Crippen LogP contribution in [0.5, 0.6) is 5.75 Å². The molecule has 11 heteroatoms. The van der Waals surface area contributed by atoms with Crippen molar-refractivity contribution in [2.75, 3.05) is 19.4 Å². The largest absolute Gasteiger partial charge is 0.497 e. The molecule has 0 bridgehead atoms. The zero-order valence-corrected chi connectivity index (χ0v) is 17.7. The zero-order chi connectivity index (χ0) is 29.4. The summed E-state index contributed by atoms with van der Waals surface area (Å²) in [5.41, 5.74) is -1.78. The van der Waals surface area contributed by atoms with Gasteiger partial charge in [-0.1, -0.05) is 12.1 Å². The molecular formula is C22H18F4N2O4S. The van der Waals surface area contributed by atoms with Crippen LogP contribution in [0, 0.1) is 37.1 Å². The SMILES string of the molecule is [2H]C([2H])([2H])ONC(=O)c1sc(C)c(C)c1C(=O)Nc1c(F)c(F)c(-c2cccc(OC([2H])([2H])[2H])c2)c(F)c1F. The first-order valence-electron chi connectivity index (χ1n) is 12.0. The molecule has 3 aromatic rings. The molecule has 0 aliphatic heterocycles. The number of hydrogen-bond acceptors (Lipinski definition) is 5. The van der Waals surface area contributed by atoms with Gasteiger partial charge in [0.25, 0.3) is 11.8 Å². The first-order chi connectivity index (χ1) is 17.9. The molecule has 0 atom stereocenters. The normalized spacial score (nSPS) is 14.2. The second kappa shape index (κ2) is 9.59. The van der Waals surface area contributed by atoms with E-state index >= 15 is 0 Å². The van der Waals surface area contributed by atoms with Crippen molar-refractivity contribution in [3.05, 3.63) is 68.4 Å².